The highest BCUT2D eigenvalue weighted by Gasteiger charge is 2.23. The van der Waals surface area contributed by atoms with Crippen LogP contribution in [0, 0.1) is 0 Å². The summed E-state index contributed by atoms with van der Waals surface area (Å²) in [6.45, 7) is 0.461. The third kappa shape index (κ3) is 6.95. The summed E-state index contributed by atoms with van der Waals surface area (Å²) < 4.78 is 0. The Morgan fingerprint density at radius 1 is 0.917 bits per heavy atom. The van der Waals surface area contributed by atoms with Crippen LogP contribution in [0.15, 0.2) is 79.0 Å². The fraction of sp³-hybridized carbons (Fsp3) is 0.276. The maximum absolute atomic E-state index is 12.7. The van der Waals surface area contributed by atoms with Crippen molar-refractivity contribution in [3.63, 3.8) is 0 Å². The molecule has 3 amide bonds. The van der Waals surface area contributed by atoms with Crippen LogP contribution >= 0.6 is 0 Å². The highest BCUT2D eigenvalue weighted by atomic mass is 16.2. The molecular formula is C29H34N5O2+. The number of hydrogen-bond donors (Lipinski definition) is 4. The minimum Gasteiger partial charge on any atom is -0.359 e. The summed E-state index contributed by atoms with van der Waals surface area (Å²) in [6.07, 6.45) is 5.84. The number of urea groups is 1. The van der Waals surface area contributed by atoms with Crippen LogP contribution in [0.25, 0.3) is 22.0 Å². The zero-order valence-electron chi connectivity index (χ0n) is 20.6. The molecule has 0 saturated heterocycles. The summed E-state index contributed by atoms with van der Waals surface area (Å²) in [7, 11) is 1.66. The van der Waals surface area contributed by atoms with E-state index in [-0.39, 0.29) is 18.0 Å². The lowest BCUT2D eigenvalue weighted by molar-refractivity contribution is -0.391. The van der Waals surface area contributed by atoms with E-state index in [2.05, 4.69) is 56.3 Å². The van der Waals surface area contributed by atoms with E-state index < -0.39 is 0 Å². The van der Waals surface area contributed by atoms with Crippen LogP contribution in [0.3, 0.4) is 0 Å². The van der Waals surface area contributed by atoms with Crippen LogP contribution in [0.4, 0.5) is 4.79 Å². The van der Waals surface area contributed by atoms with Gasteiger partial charge in [-0.3, -0.25) is 4.79 Å². The number of aromatic amines is 2. The number of carbonyl (C=O) groups excluding carboxylic acids is 2. The molecule has 3 aromatic carbocycles. The van der Waals surface area contributed by atoms with Gasteiger partial charge in [-0.2, -0.15) is 0 Å². The molecule has 0 bridgehead atoms. The van der Waals surface area contributed by atoms with E-state index in [4.69, 9.17) is 0 Å². The van der Waals surface area contributed by atoms with E-state index in [9.17, 15) is 9.59 Å². The van der Waals surface area contributed by atoms with Gasteiger partial charge in [0.25, 0.3) is 5.82 Å². The highest BCUT2D eigenvalue weighted by Crippen LogP contribution is 2.24. The van der Waals surface area contributed by atoms with Crippen molar-refractivity contribution in [1.82, 2.24) is 20.9 Å². The molecule has 7 heteroatoms. The van der Waals surface area contributed by atoms with Gasteiger partial charge in [0, 0.05) is 25.6 Å². The molecule has 0 aliphatic rings. The van der Waals surface area contributed by atoms with E-state index in [0.29, 0.717) is 13.0 Å². The lowest BCUT2D eigenvalue weighted by atomic mass is 10.1. The molecule has 5 N–H and O–H groups in total. The standard InChI is InChI=1S/C29H33N5O2/c1-30-27(35)15-7-3-6-14-25(34-29(36)32-19-21-10-4-2-5-11-21)28-31-20-26(33-28)24-17-16-22-12-8-9-13-23(22)18-24/h2,4-5,8-13,16-18,20,25H,3,6-7,14-15,19H2,1H3,(H,30,35)(H,31,33)(H2,32,34,36)/p+1. The summed E-state index contributed by atoms with van der Waals surface area (Å²) >= 11 is 0. The number of carbonyl (C=O) groups is 2. The molecule has 7 nitrogen and oxygen atoms in total. The van der Waals surface area contributed by atoms with E-state index in [1.54, 1.807) is 7.05 Å². The molecule has 0 aliphatic heterocycles. The molecule has 186 valence electrons. The Hall–Kier alpha value is -4.13. The fourth-order valence-corrected chi connectivity index (χ4v) is 4.28. The average molecular weight is 485 g/mol. The molecule has 1 aromatic heterocycles. The molecule has 1 heterocycles. The zero-order chi connectivity index (χ0) is 25.2. The van der Waals surface area contributed by atoms with Crippen molar-refractivity contribution >= 4 is 22.7 Å². The number of aromatic nitrogens is 2. The van der Waals surface area contributed by atoms with Gasteiger partial charge in [0.2, 0.25) is 5.91 Å². The molecule has 0 fully saturated rings. The van der Waals surface area contributed by atoms with Gasteiger partial charge in [-0.1, -0.05) is 73.5 Å². The molecule has 0 saturated carbocycles. The fourth-order valence-electron chi connectivity index (χ4n) is 4.28. The first kappa shape index (κ1) is 25.0. The smallest absolute Gasteiger partial charge is 0.315 e. The molecule has 4 rings (SSSR count). The third-order valence-electron chi connectivity index (χ3n) is 6.33. The molecule has 1 atom stereocenters. The summed E-state index contributed by atoms with van der Waals surface area (Å²) in [5.41, 5.74) is 3.09. The number of rotatable bonds is 11. The number of H-pyrrole nitrogens is 2. The largest absolute Gasteiger partial charge is 0.359 e. The monoisotopic (exact) mass is 484 g/mol. The number of unbranched alkanes of at least 4 members (excludes halogenated alkanes) is 2. The van der Waals surface area contributed by atoms with Gasteiger partial charge in [-0.25, -0.2) is 14.8 Å². The van der Waals surface area contributed by atoms with Crippen molar-refractivity contribution < 1.29 is 14.6 Å². The quantitative estimate of drug-likeness (QED) is 0.228. The Morgan fingerprint density at radius 3 is 2.50 bits per heavy atom. The number of nitrogens with one attached hydrogen (secondary N) is 5. The predicted octanol–water partition coefficient (Wildman–Crippen LogP) is 4.89. The first-order chi connectivity index (χ1) is 17.6. The van der Waals surface area contributed by atoms with E-state index >= 15 is 0 Å². The van der Waals surface area contributed by atoms with Gasteiger partial charge in [-0.05, 0) is 41.3 Å². The third-order valence-corrected chi connectivity index (χ3v) is 6.33. The SMILES string of the molecule is CNC(=O)CCCCCC(NC(=O)NCc1ccccc1)c1[nH]c(-c2ccc3ccccc3c2)c[nH+]1. The second-order valence-electron chi connectivity index (χ2n) is 8.94. The lowest BCUT2D eigenvalue weighted by Gasteiger charge is -2.15. The van der Waals surface area contributed by atoms with Crippen LogP contribution in [0.2, 0.25) is 0 Å². The van der Waals surface area contributed by atoms with E-state index in [1.807, 2.05) is 48.7 Å². The van der Waals surface area contributed by atoms with Gasteiger partial charge < -0.3 is 16.0 Å². The summed E-state index contributed by atoms with van der Waals surface area (Å²) in [5.74, 6) is 0.905. The van der Waals surface area contributed by atoms with Crippen molar-refractivity contribution in [2.24, 2.45) is 0 Å². The first-order valence-electron chi connectivity index (χ1n) is 12.5. The minimum atomic E-state index is -0.218. The number of amides is 3. The van der Waals surface area contributed by atoms with Gasteiger partial charge in [0.05, 0.1) is 0 Å². The highest BCUT2D eigenvalue weighted by molar-refractivity contribution is 5.86. The van der Waals surface area contributed by atoms with Crippen molar-refractivity contribution in [3.8, 4) is 11.3 Å². The molecule has 0 aliphatic carbocycles. The number of fused-ring (bicyclic) bond motifs is 1. The van der Waals surface area contributed by atoms with Crippen LogP contribution in [-0.4, -0.2) is 24.0 Å². The van der Waals surface area contributed by atoms with Crippen LogP contribution in [0.5, 0.6) is 0 Å². The van der Waals surface area contributed by atoms with Crippen molar-refractivity contribution in [2.75, 3.05) is 7.05 Å². The number of imidazole rings is 1. The second kappa shape index (κ2) is 12.5. The van der Waals surface area contributed by atoms with E-state index in [1.165, 1.54) is 10.8 Å². The van der Waals surface area contributed by atoms with Gasteiger partial charge in [0.15, 0.2) is 5.69 Å². The summed E-state index contributed by atoms with van der Waals surface area (Å²) in [4.78, 5) is 31.1. The summed E-state index contributed by atoms with van der Waals surface area (Å²) in [5, 5.41) is 11.1. The Labute approximate surface area is 211 Å². The van der Waals surface area contributed by atoms with Crippen molar-refractivity contribution in [2.45, 2.75) is 44.7 Å². The Morgan fingerprint density at radius 2 is 1.69 bits per heavy atom. The van der Waals surface area contributed by atoms with Gasteiger partial charge >= 0.3 is 6.03 Å². The van der Waals surface area contributed by atoms with Crippen LogP contribution in [-0.2, 0) is 11.3 Å². The predicted molar refractivity (Wildman–Crippen MR) is 142 cm³/mol. The number of benzene rings is 3. The van der Waals surface area contributed by atoms with Crippen molar-refractivity contribution in [3.05, 3.63) is 90.4 Å². The average Bonchev–Trinajstić information content (AvgIpc) is 3.41. The second-order valence-corrected chi connectivity index (χ2v) is 8.94. The topological polar surface area (TPSA) is 100 Å². The molecular weight excluding hydrogens is 450 g/mol. The Balaban J connectivity index is 1.43. The molecule has 0 radical (unpaired) electrons. The first-order valence-corrected chi connectivity index (χ1v) is 12.5. The maximum Gasteiger partial charge on any atom is 0.315 e. The summed E-state index contributed by atoms with van der Waals surface area (Å²) in [6, 6.07) is 24.1. The van der Waals surface area contributed by atoms with Gasteiger partial charge in [-0.15, -0.1) is 0 Å². The molecule has 1 unspecified atom stereocenters. The van der Waals surface area contributed by atoms with Crippen molar-refractivity contribution in [1.29, 1.82) is 0 Å². The lowest BCUT2D eigenvalue weighted by Crippen LogP contribution is -2.39. The van der Waals surface area contributed by atoms with E-state index in [0.717, 1.165) is 48.3 Å². The normalized spacial score (nSPS) is 11.7. The Bertz CT molecular complexity index is 1290. The molecule has 0 spiro atoms. The van der Waals surface area contributed by atoms with Crippen LogP contribution < -0.4 is 20.9 Å². The zero-order valence-corrected chi connectivity index (χ0v) is 20.6. The maximum atomic E-state index is 12.7. The van der Waals surface area contributed by atoms with Gasteiger partial charge in [0.1, 0.15) is 12.2 Å². The molecule has 4 aromatic rings. The van der Waals surface area contributed by atoms with Crippen LogP contribution in [0.1, 0.15) is 49.5 Å². The molecule has 36 heavy (non-hydrogen) atoms. The number of hydrogen-bond acceptors (Lipinski definition) is 2. The Kier molecular flexibility index (Phi) is 8.70. The minimum absolute atomic E-state index is 0.0580.